The molecule has 1 aliphatic carbocycles. The highest BCUT2D eigenvalue weighted by Gasteiger charge is 2.22. The Kier molecular flexibility index (Phi) is 4.62. The Hall–Kier alpha value is -2.28. The number of aromatic nitrogens is 4. The van der Waals surface area contributed by atoms with Gasteiger partial charge in [-0.05, 0) is 52.0 Å². The maximum absolute atomic E-state index is 12.4. The Bertz CT molecular complexity index is 747. The van der Waals surface area contributed by atoms with Crippen molar-refractivity contribution < 1.29 is 4.79 Å². The predicted molar refractivity (Wildman–Crippen MR) is 90.2 cm³/mol. The van der Waals surface area contributed by atoms with Gasteiger partial charge in [0.25, 0.3) is 0 Å². The topological polar surface area (TPSA) is 110 Å². The average molecular weight is 328 g/mol. The molecule has 0 aromatic carbocycles. The van der Waals surface area contributed by atoms with E-state index in [0.717, 1.165) is 41.2 Å². The maximum atomic E-state index is 12.4. The van der Waals surface area contributed by atoms with Crippen molar-refractivity contribution in [3.63, 3.8) is 0 Å². The number of aryl methyl sites for hydroxylation is 4. The molecule has 0 aliphatic heterocycles. The molecule has 0 radical (unpaired) electrons. The summed E-state index contributed by atoms with van der Waals surface area (Å²) in [7, 11) is 0. The first kappa shape index (κ1) is 16.6. The molecule has 1 atom stereocenters. The second-order valence-electron chi connectivity index (χ2n) is 6.40. The fourth-order valence-electron chi connectivity index (χ4n) is 3.35. The predicted octanol–water partition coefficient (Wildman–Crippen LogP) is 1.32. The van der Waals surface area contributed by atoms with E-state index in [1.807, 2.05) is 20.8 Å². The number of nitrogens with zero attached hydrogens (tertiary/aromatic N) is 3. The fraction of sp³-hybridized carbons (Fsp3) is 0.529. The van der Waals surface area contributed by atoms with E-state index in [2.05, 4.69) is 25.5 Å². The molecule has 128 valence electrons. The quantitative estimate of drug-likeness (QED) is 0.784. The average Bonchev–Trinajstić information content (AvgIpc) is 2.90. The summed E-state index contributed by atoms with van der Waals surface area (Å²) in [6, 6.07) is -0.748. The third kappa shape index (κ3) is 3.17. The third-order valence-corrected chi connectivity index (χ3v) is 4.64. The molecule has 0 bridgehead atoms. The number of fused-ring (bicyclic) bond motifs is 1. The number of nitrogens with one attached hydrogen (secondary N) is 2. The molecule has 1 aliphatic rings. The fourth-order valence-corrected chi connectivity index (χ4v) is 3.35. The van der Waals surface area contributed by atoms with Gasteiger partial charge in [0.2, 0.25) is 5.91 Å². The van der Waals surface area contributed by atoms with Gasteiger partial charge >= 0.3 is 0 Å². The van der Waals surface area contributed by atoms with Crippen LogP contribution in [0.5, 0.6) is 0 Å². The number of amides is 1. The van der Waals surface area contributed by atoms with Gasteiger partial charge in [-0.15, -0.1) is 0 Å². The number of hydrogen-bond donors (Lipinski definition) is 3. The summed E-state index contributed by atoms with van der Waals surface area (Å²) >= 11 is 0. The molecule has 24 heavy (non-hydrogen) atoms. The summed E-state index contributed by atoms with van der Waals surface area (Å²) in [5.74, 6) is 0.399. The normalized spacial score (nSPS) is 15.0. The molecule has 0 saturated heterocycles. The van der Waals surface area contributed by atoms with E-state index in [0.29, 0.717) is 5.82 Å². The molecule has 3 rings (SSSR count). The van der Waals surface area contributed by atoms with Crippen molar-refractivity contribution in [1.29, 1.82) is 0 Å². The Morgan fingerprint density at radius 2 is 1.96 bits per heavy atom. The van der Waals surface area contributed by atoms with E-state index in [-0.39, 0.29) is 12.5 Å². The van der Waals surface area contributed by atoms with Gasteiger partial charge in [0.05, 0.1) is 12.2 Å². The molecule has 7 nitrogen and oxygen atoms in total. The van der Waals surface area contributed by atoms with E-state index in [4.69, 9.17) is 5.73 Å². The van der Waals surface area contributed by atoms with Gasteiger partial charge in [0.15, 0.2) is 0 Å². The van der Waals surface area contributed by atoms with Crippen molar-refractivity contribution in [2.24, 2.45) is 5.73 Å². The van der Waals surface area contributed by atoms with Crippen LogP contribution in [0.25, 0.3) is 0 Å². The zero-order valence-corrected chi connectivity index (χ0v) is 14.4. The zero-order chi connectivity index (χ0) is 17.3. The van der Waals surface area contributed by atoms with Crippen LogP contribution in [-0.2, 0) is 24.2 Å². The zero-order valence-electron chi connectivity index (χ0n) is 14.4. The third-order valence-electron chi connectivity index (χ3n) is 4.64. The smallest absolute Gasteiger partial charge is 0.242 e. The Morgan fingerprint density at radius 1 is 1.21 bits per heavy atom. The van der Waals surface area contributed by atoms with Gasteiger partial charge in [0.1, 0.15) is 11.9 Å². The van der Waals surface area contributed by atoms with Crippen molar-refractivity contribution in [2.75, 3.05) is 0 Å². The Balaban J connectivity index is 1.69. The van der Waals surface area contributed by atoms with Crippen molar-refractivity contribution >= 4 is 5.91 Å². The van der Waals surface area contributed by atoms with Crippen LogP contribution in [0.1, 0.15) is 58.6 Å². The summed E-state index contributed by atoms with van der Waals surface area (Å²) in [5.41, 5.74) is 11.8. The van der Waals surface area contributed by atoms with Gasteiger partial charge in [-0.3, -0.25) is 9.89 Å². The monoisotopic (exact) mass is 328 g/mol. The molecule has 2 aromatic rings. The highest BCUT2D eigenvalue weighted by atomic mass is 16.2. The number of rotatable bonds is 4. The molecule has 2 heterocycles. The Morgan fingerprint density at radius 3 is 2.67 bits per heavy atom. The summed E-state index contributed by atoms with van der Waals surface area (Å²) in [4.78, 5) is 21.5. The van der Waals surface area contributed by atoms with Crippen molar-refractivity contribution in [3.8, 4) is 0 Å². The molecular weight excluding hydrogens is 304 g/mol. The first-order valence-corrected chi connectivity index (χ1v) is 8.37. The lowest BCUT2D eigenvalue weighted by molar-refractivity contribution is -0.122. The van der Waals surface area contributed by atoms with Crippen molar-refractivity contribution in [1.82, 2.24) is 25.5 Å². The van der Waals surface area contributed by atoms with Crippen molar-refractivity contribution in [3.05, 3.63) is 39.7 Å². The first-order valence-electron chi connectivity index (χ1n) is 8.37. The van der Waals surface area contributed by atoms with Gasteiger partial charge in [-0.2, -0.15) is 5.10 Å². The molecule has 0 spiro atoms. The molecule has 7 heteroatoms. The maximum Gasteiger partial charge on any atom is 0.242 e. The van der Waals surface area contributed by atoms with Gasteiger partial charge < -0.3 is 11.1 Å². The van der Waals surface area contributed by atoms with Crippen LogP contribution in [0.3, 0.4) is 0 Å². The van der Waals surface area contributed by atoms with E-state index in [1.54, 1.807) is 0 Å². The molecule has 0 saturated carbocycles. The lowest BCUT2D eigenvalue weighted by atomic mass is 9.95. The minimum absolute atomic E-state index is 0.249. The lowest BCUT2D eigenvalue weighted by Crippen LogP contribution is -2.35. The van der Waals surface area contributed by atoms with Crippen molar-refractivity contribution in [2.45, 2.75) is 59.0 Å². The van der Waals surface area contributed by atoms with Crippen LogP contribution >= 0.6 is 0 Å². The molecule has 0 unspecified atom stereocenters. The van der Waals surface area contributed by atoms with E-state index in [9.17, 15) is 4.79 Å². The number of nitrogens with two attached hydrogens (primary N) is 1. The van der Waals surface area contributed by atoms with Crippen LogP contribution in [0.15, 0.2) is 0 Å². The number of carbonyl (C=O) groups excluding carboxylic acids is 1. The van der Waals surface area contributed by atoms with Crippen LogP contribution in [0.2, 0.25) is 0 Å². The first-order chi connectivity index (χ1) is 11.5. The minimum Gasteiger partial charge on any atom is -0.347 e. The van der Waals surface area contributed by atoms with Gasteiger partial charge in [0, 0.05) is 22.6 Å². The van der Waals surface area contributed by atoms with Crippen LogP contribution in [-0.4, -0.2) is 26.1 Å². The molecular formula is C17H24N6O. The largest absolute Gasteiger partial charge is 0.347 e. The molecule has 1 amide bonds. The SMILES string of the molecule is Cc1nc(CNC(=O)[C@@H](N)c2c(C)n[nH]c2C)nc2c1CCCC2. The minimum atomic E-state index is -0.748. The van der Waals surface area contributed by atoms with Crippen LogP contribution in [0, 0.1) is 20.8 Å². The van der Waals surface area contributed by atoms with E-state index >= 15 is 0 Å². The molecule has 0 fully saturated rings. The second-order valence-corrected chi connectivity index (χ2v) is 6.40. The van der Waals surface area contributed by atoms with E-state index < -0.39 is 6.04 Å². The molecule has 2 aromatic heterocycles. The summed E-state index contributed by atoms with van der Waals surface area (Å²) < 4.78 is 0. The Labute approximate surface area is 141 Å². The number of H-pyrrole nitrogens is 1. The summed E-state index contributed by atoms with van der Waals surface area (Å²) in [6.07, 6.45) is 4.41. The lowest BCUT2D eigenvalue weighted by Gasteiger charge is -2.18. The summed E-state index contributed by atoms with van der Waals surface area (Å²) in [6.45, 7) is 6.00. The molecule has 4 N–H and O–H groups in total. The summed E-state index contributed by atoms with van der Waals surface area (Å²) in [5, 5.41) is 9.79. The number of aromatic amines is 1. The number of hydrogen-bond acceptors (Lipinski definition) is 5. The standard InChI is InChI=1S/C17H24N6O/c1-9-12-6-4-5-7-13(12)21-14(20-9)8-19-17(24)16(18)15-10(2)22-23-11(15)3/h16H,4-8,18H2,1-3H3,(H,19,24)(H,22,23)/t16-/m0/s1. The number of carbonyl (C=O) groups is 1. The van der Waals surface area contributed by atoms with Gasteiger partial charge in [-0.1, -0.05) is 0 Å². The van der Waals surface area contributed by atoms with Crippen LogP contribution in [0.4, 0.5) is 0 Å². The van der Waals surface area contributed by atoms with Gasteiger partial charge in [-0.25, -0.2) is 9.97 Å². The highest BCUT2D eigenvalue weighted by molar-refractivity contribution is 5.83. The second kappa shape index (κ2) is 6.68. The van der Waals surface area contributed by atoms with E-state index in [1.165, 1.54) is 18.4 Å². The highest BCUT2D eigenvalue weighted by Crippen LogP contribution is 2.22. The van der Waals surface area contributed by atoms with Crippen LogP contribution < -0.4 is 11.1 Å².